The zero-order valence-corrected chi connectivity index (χ0v) is 13.3. The molecule has 1 aliphatic carbocycles. The first kappa shape index (κ1) is 13.8. The third kappa shape index (κ3) is 2.09. The van der Waals surface area contributed by atoms with E-state index < -0.39 is 0 Å². The summed E-state index contributed by atoms with van der Waals surface area (Å²) in [6, 6.07) is 2.02. The second-order valence-corrected chi connectivity index (χ2v) is 6.56. The fourth-order valence-electron chi connectivity index (χ4n) is 3.39. The number of nitrogens with zero attached hydrogens (tertiary/aromatic N) is 3. The molecule has 0 bridgehead atoms. The number of pyridine rings is 1. The number of fused-ring (bicyclic) bond motifs is 1. The van der Waals surface area contributed by atoms with E-state index in [1.165, 1.54) is 31.2 Å². The van der Waals surface area contributed by atoms with Crippen LogP contribution in [-0.4, -0.2) is 39.1 Å². The van der Waals surface area contributed by atoms with Crippen LogP contribution in [0.4, 0.5) is 0 Å². The number of imidazole rings is 1. The van der Waals surface area contributed by atoms with Crippen molar-refractivity contribution in [3.63, 3.8) is 0 Å². The predicted octanol–water partition coefficient (Wildman–Crippen LogP) is 3.28. The minimum absolute atomic E-state index is 0.221. The van der Waals surface area contributed by atoms with Crippen LogP contribution in [0.15, 0.2) is 12.3 Å². The molecule has 5 heteroatoms. The summed E-state index contributed by atoms with van der Waals surface area (Å²) in [5, 5.41) is 0. The Balaban J connectivity index is 2.09. The first-order valence-corrected chi connectivity index (χ1v) is 7.66. The van der Waals surface area contributed by atoms with Crippen molar-refractivity contribution in [3.8, 4) is 0 Å². The molecule has 0 saturated heterocycles. The Bertz CT molecular complexity index is 677. The summed E-state index contributed by atoms with van der Waals surface area (Å²) >= 11 is 5.53. The molecule has 1 aliphatic rings. The van der Waals surface area contributed by atoms with Gasteiger partial charge < -0.3 is 9.88 Å². The van der Waals surface area contributed by atoms with Crippen molar-refractivity contribution < 1.29 is 0 Å². The van der Waals surface area contributed by atoms with E-state index in [1.54, 1.807) is 0 Å². The molecule has 2 aromatic heterocycles. The third-order valence-electron chi connectivity index (χ3n) is 4.81. The Kier molecular flexibility index (Phi) is 3.42. The van der Waals surface area contributed by atoms with Crippen molar-refractivity contribution in [2.75, 3.05) is 14.1 Å². The highest BCUT2D eigenvalue weighted by molar-refractivity contribution is 7.71. The molecule has 20 heavy (non-hydrogen) atoms. The zero-order valence-electron chi connectivity index (χ0n) is 12.4. The normalized spacial score (nSPS) is 18.2. The second-order valence-electron chi connectivity index (χ2n) is 6.17. The van der Waals surface area contributed by atoms with Gasteiger partial charge in [-0.25, -0.2) is 4.98 Å². The van der Waals surface area contributed by atoms with E-state index in [0.717, 1.165) is 22.5 Å². The third-order valence-corrected chi connectivity index (χ3v) is 5.13. The standard InChI is InChI=1S/C15H22N4S/c1-11-6-9-16-13-12(11)17-14(20)19(13)10-15(18(2)3)7-4-5-8-15/h6,9H,4-5,7-8,10H2,1-3H3,(H,17,20). The maximum Gasteiger partial charge on any atom is 0.179 e. The topological polar surface area (TPSA) is 36.9 Å². The summed E-state index contributed by atoms with van der Waals surface area (Å²) in [6.07, 6.45) is 6.95. The molecule has 4 nitrogen and oxygen atoms in total. The fraction of sp³-hybridized carbons (Fsp3) is 0.600. The zero-order chi connectivity index (χ0) is 14.3. The molecule has 0 amide bonds. The highest BCUT2D eigenvalue weighted by atomic mass is 32.1. The average Bonchev–Trinajstić information content (AvgIpc) is 2.99. The van der Waals surface area contributed by atoms with Crippen molar-refractivity contribution in [1.29, 1.82) is 0 Å². The number of H-pyrrole nitrogens is 1. The van der Waals surface area contributed by atoms with Gasteiger partial charge in [0.05, 0.1) is 5.52 Å². The molecule has 3 rings (SSSR count). The second kappa shape index (κ2) is 4.97. The number of aromatic nitrogens is 3. The molecule has 0 unspecified atom stereocenters. The SMILES string of the molecule is Cc1ccnc2c1[nH]c(=S)n2CC1(N(C)C)CCCC1. The smallest absolute Gasteiger partial charge is 0.179 e. The van der Waals surface area contributed by atoms with Gasteiger partial charge in [0.25, 0.3) is 0 Å². The minimum atomic E-state index is 0.221. The van der Waals surface area contributed by atoms with Crippen molar-refractivity contribution in [1.82, 2.24) is 19.4 Å². The summed E-state index contributed by atoms with van der Waals surface area (Å²) < 4.78 is 2.97. The van der Waals surface area contributed by atoms with Gasteiger partial charge >= 0.3 is 0 Å². The monoisotopic (exact) mass is 290 g/mol. The molecule has 0 aliphatic heterocycles. The summed E-state index contributed by atoms with van der Waals surface area (Å²) in [5.74, 6) is 0. The van der Waals surface area contributed by atoms with Crippen LogP contribution in [0, 0.1) is 11.7 Å². The van der Waals surface area contributed by atoms with Gasteiger partial charge in [-0.2, -0.15) is 0 Å². The Morgan fingerprint density at radius 2 is 2.10 bits per heavy atom. The van der Waals surface area contributed by atoms with Crippen molar-refractivity contribution in [3.05, 3.63) is 22.6 Å². The highest BCUT2D eigenvalue weighted by Gasteiger charge is 2.36. The first-order chi connectivity index (χ1) is 9.53. The van der Waals surface area contributed by atoms with E-state index in [-0.39, 0.29) is 5.54 Å². The van der Waals surface area contributed by atoms with E-state index >= 15 is 0 Å². The van der Waals surface area contributed by atoms with Crippen LogP contribution >= 0.6 is 12.2 Å². The molecule has 0 atom stereocenters. The molecular weight excluding hydrogens is 268 g/mol. The summed E-state index contributed by atoms with van der Waals surface area (Å²) in [6.45, 7) is 3.02. The van der Waals surface area contributed by atoms with Gasteiger partial charge in [0.1, 0.15) is 0 Å². The molecule has 0 spiro atoms. The number of likely N-dealkylation sites (N-methyl/N-ethyl adjacent to an activating group) is 1. The van der Waals surface area contributed by atoms with Gasteiger partial charge in [-0.15, -0.1) is 0 Å². The van der Waals surface area contributed by atoms with Gasteiger partial charge in [0.2, 0.25) is 0 Å². The quantitative estimate of drug-likeness (QED) is 0.881. The van der Waals surface area contributed by atoms with Gasteiger partial charge in [-0.05, 0) is 57.7 Å². The average molecular weight is 290 g/mol. The van der Waals surface area contributed by atoms with Crippen LogP contribution in [-0.2, 0) is 6.54 Å². The van der Waals surface area contributed by atoms with E-state index in [9.17, 15) is 0 Å². The summed E-state index contributed by atoms with van der Waals surface area (Å²) in [7, 11) is 4.37. The van der Waals surface area contributed by atoms with Gasteiger partial charge in [-0.3, -0.25) is 4.57 Å². The number of aryl methyl sites for hydroxylation is 1. The van der Waals surface area contributed by atoms with Crippen LogP contribution in [0.5, 0.6) is 0 Å². The van der Waals surface area contributed by atoms with E-state index in [2.05, 4.69) is 40.5 Å². The number of nitrogens with one attached hydrogen (secondary N) is 1. The Morgan fingerprint density at radius 3 is 2.75 bits per heavy atom. The van der Waals surface area contributed by atoms with Crippen molar-refractivity contribution in [2.24, 2.45) is 0 Å². The van der Waals surface area contributed by atoms with Crippen LogP contribution in [0.2, 0.25) is 0 Å². The van der Waals surface area contributed by atoms with E-state index in [0.29, 0.717) is 0 Å². The maximum absolute atomic E-state index is 5.53. The number of aromatic amines is 1. The van der Waals surface area contributed by atoms with Crippen LogP contribution < -0.4 is 0 Å². The largest absolute Gasteiger partial charge is 0.329 e. The molecule has 0 radical (unpaired) electrons. The van der Waals surface area contributed by atoms with E-state index in [4.69, 9.17) is 12.2 Å². The lowest BCUT2D eigenvalue weighted by molar-refractivity contribution is 0.134. The molecule has 108 valence electrons. The number of hydrogen-bond donors (Lipinski definition) is 1. The lowest BCUT2D eigenvalue weighted by Gasteiger charge is -2.36. The van der Waals surface area contributed by atoms with Crippen LogP contribution in [0.3, 0.4) is 0 Å². The fourth-order valence-corrected chi connectivity index (χ4v) is 3.65. The molecular formula is C15H22N4S. The Morgan fingerprint density at radius 1 is 1.40 bits per heavy atom. The van der Waals surface area contributed by atoms with E-state index in [1.807, 2.05) is 12.3 Å². The molecule has 1 saturated carbocycles. The van der Waals surface area contributed by atoms with Crippen molar-refractivity contribution >= 4 is 23.4 Å². The predicted molar refractivity (Wildman–Crippen MR) is 84.5 cm³/mol. The molecule has 1 fully saturated rings. The molecule has 2 heterocycles. The molecule has 2 aromatic rings. The molecule has 1 N–H and O–H groups in total. The minimum Gasteiger partial charge on any atom is -0.329 e. The van der Waals surface area contributed by atoms with Crippen LogP contribution in [0.25, 0.3) is 11.2 Å². The lowest BCUT2D eigenvalue weighted by Crippen LogP contribution is -2.45. The number of hydrogen-bond acceptors (Lipinski definition) is 3. The van der Waals surface area contributed by atoms with Gasteiger partial charge in [0, 0.05) is 18.3 Å². The maximum atomic E-state index is 5.53. The summed E-state index contributed by atoms with van der Waals surface area (Å²) in [5.41, 5.74) is 3.48. The molecule has 0 aromatic carbocycles. The summed E-state index contributed by atoms with van der Waals surface area (Å²) in [4.78, 5) is 10.2. The Hall–Kier alpha value is -1.20. The highest BCUT2D eigenvalue weighted by Crippen LogP contribution is 2.36. The Labute approximate surface area is 124 Å². The lowest BCUT2D eigenvalue weighted by atomic mass is 9.96. The first-order valence-electron chi connectivity index (χ1n) is 7.25. The van der Waals surface area contributed by atoms with Gasteiger partial charge in [0.15, 0.2) is 10.4 Å². The van der Waals surface area contributed by atoms with Crippen LogP contribution in [0.1, 0.15) is 31.2 Å². The van der Waals surface area contributed by atoms with Crippen molar-refractivity contribution in [2.45, 2.75) is 44.7 Å². The van der Waals surface area contributed by atoms with Gasteiger partial charge in [-0.1, -0.05) is 12.8 Å². The number of rotatable bonds is 3.